The summed E-state index contributed by atoms with van der Waals surface area (Å²) >= 11 is 1.75. The molecule has 0 heterocycles. The molecule has 0 aliphatic heterocycles. The maximum Gasteiger partial charge on any atom is 0.220 e. The molecule has 1 aliphatic rings. The molecule has 0 bridgehead atoms. The van der Waals surface area contributed by atoms with E-state index in [9.17, 15) is 4.79 Å². The highest BCUT2D eigenvalue weighted by molar-refractivity contribution is 7.98. The molecular weight excluding hydrogens is 332 g/mol. The number of nitrogens with zero attached hydrogens (tertiary/aromatic N) is 1. The molecule has 0 saturated heterocycles. The van der Waals surface area contributed by atoms with Crippen LogP contribution >= 0.6 is 11.8 Å². The molecule has 1 aromatic rings. The molecular formula is C19H30N4OS. The van der Waals surface area contributed by atoms with Crippen LogP contribution in [0.4, 0.5) is 0 Å². The highest BCUT2D eigenvalue weighted by atomic mass is 32.2. The van der Waals surface area contributed by atoms with Crippen LogP contribution in [0.2, 0.25) is 0 Å². The van der Waals surface area contributed by atoms with E-state index in [0.717, 1.165) is 38.3 Å². The lowest BCUT2D eigenvalue weighted by Gasteiger charge is -2.12. The van der Waals surface area contributed by atoms with Gasteiger partial charge in [0.15, 0.2) is 5.96 Å². The Morgan fingerprint density at radius 2 is 2.12 bits per heavy atom. The zero-order valence-electron chi connectivity index (χ0n) is 15.5. The number of thioether (sulfide) groups is 1. The number of rotatable bonds is 9. The Hall–Kier alpha value is -1.69. The number of hydrogen-bond acceptors (Lipinski definition) is 3. The van der Waals surface area contributed by atoms with E-state index in [1.54, 1.807) is 11.8 Å². The monoisotopic (exact) mass is 362 g/mol. The molecule has 25 heavy (non-hydrogen) atoms. The van der Waals surface area contributed by atoms with Gasteiger partial charge in [0, 0.05) is 30.4 Å². The van der Waals surface area contributed by atoms with E-state index in [1.165, 1.54) is 16.0 Å². The van der Waals surface area contributed by atoms with Crippen LogP contribution in [0.1, 0.15) is 43.7 Å². The zero-order chi connectivity index (χ0) is 18.1. The first-order chi connectivity index (χ1) is 12.1. The summed E-state index contributed by atoms with van der Waals surface area (Å²) in [5.74, 6) is 0.966. The molecule has 0 atom stereocenters. The summed E-state index contributed by atoms with van der Waals surface area (Å²) in [7, 11) is 0. The van der Waals surface area contributed by atoms with E-state index in [0.29, 0.717) is 19.0 Å². The van der Waals surface area contributed by atoms with E-state index in [2.05, 4.69) is 59.2 Å². The normalized spacial score (nSPS) is 14.3. The van der Waals surface area contributed by atoms with Gasteiger partial charge in [-0.1, -0.05) is 12.1 Å². The van der Waals surface area contributed by atoms with Gasteiger partial charge < -0.3 is 16.0 Å². The number of guanidine groups is 1. The number of aryl methyl sites for hydroxylation is 1. The van der Waals surface area contributed by atoms with E-state index >= 15 is 0 Å². The molecule has 1 amide bonds. The molecule has 1 fully saturated rings. The number of amides is 1. The molecule has 5 nitrogen and oxygen atoms in total. The molecule has 6 heteroatoms. The summed E-state index contributed by atoms with van der Waals surface area (Å²) in [6.07, 6.45) is 5.75. The minimum atomic E-state index is 0.163. The number of carbonyl (C=O) groups excluding carboxylic acids is 1. The van der Waals surface area contributed by atoms with Crippen molar-refractivity contribution < 1.29 is 4.79 Å². The molecule has 1 saturated carbocycles. The van der Waals surface area contributed by atoms with Crippen molar-refractivity contribution in [2.24, 2.45) is 4.99 Å². The maximum atomic E-state index is 11.7. The van der Waals surface area contributed by atoms with Gasteiger partial charge in [-0.3, -0.25) is 4.79 Å². The molecule has 0 aromatic heterocycles. The first-order valence-corrected chi connectivity index (χ1v) is 10.3. The molecule has 1 aliphatic carbocycles. The molecule has 138 valence electrons. The average molecular weight is 363 g/mol. The fraction of sp³-hybridized carbons (Fsp3) is 0.579. The van der Waals surface area contributed by atoms with Gasteiger partial charge in [0.2, 0.25) is 5.91 Å². The summed E-state index contributed by atoms with van der Waals surface area (Å²) < 4.78 is 0. The minimum absolute atomic E-state index is 0.163. The van der Waals surface area contributed by atoms with Crippen LogP contribution in [-0.4, -0.2) is 37.3 Å². The Bertz CT molecular complexity index is 599. The van der Waals surface area contributed by atoms with Gasteiger partial charge in [-0.15, -0.1) is 11.8 Å². The third-order valence-corrected chi connectivity index (χ3v) is 4.83. The lowest BCUT2D eigenvalue weighted by atomic mass is 10.1. The van der Waals surface area contributed by atoms with Crippen LogP contribution < -0.4 is 16.0 Å². The van der Waals surface area contributed by atoms with Crippen LogP contribution in [0.15, 0.2) is 28.1 Å². The van der Waals surface area contributed by atoms with E-state index in [4.69, 9.17) is 0 Å². The molecule has 1 aromatic carbocycles. The second-order valence-corrected chi connectivity index (χ2v) is 7.23. The van der Waals surface area contributed by atoms with Gasteiger partial charge in [-0.2, -0.15) is 0 Å². The van der Waals surface area contributed by atoms with E-state index in [1.807, 2.05) is 0 Å². The van der Waals surface area contributed by atoms with Gasteiger partial charge in [0.1, 0.15) is 0 Å². The summed E-state index contributed by atoms with van der Waals surface area (Å²) in [4.78, 5) is 17.6. The number of carbonyl (C=O) groups is 1. The standard InChI is InChI=1S/C19H30N4OS/c1-4-20-19(21-11-5-6-18(24)23-16-9-10-16)22-13-15-8-7-14(2)12-17(15)25-3/h7-8,12,16H,4-6,9-11,13H2,1-3H3,(H,23,24)(H2,20,21,22). The van der Waals surface area contributed by atoms with Gasteiger partial charge >= 0.3 is 0 Å². The number of hydrogen-bond donors (Lipinski definition) is 3. The molecule has 2 rings (SSSR count). The molecule has 3 N–H and O–H groups in total. The Labute approximate surface area is 155 Å². The van der Waals surface area contributed by atoms with Gasteiger partial charge in [0.05, 0.1) is 6.54 Å². The number of aliphatic imine (C=N–C) groups is 1. The van der Waals surface area contributed by atoms with Crippen molar-refractivity contribution in [3.8, 4) is 0 Å². The third kappa shape index (κ3) is 7.38. The van der Waals surface area contributed by atoms with Crippen LogP contribution in [0.5, 0.6) is 0 Å². The third-order valence-electron chi connectivity index (χ3n) is 4.01. The molecule has 0 spiro atoms. The van der Waals surface area contributed by atoms with Crippen LogP contribution in [0, 0.1) is 6.92 Å². The zero-order valence-corrected chi connectivity index (χ0v) is 16.3. The summed E-state index contributed by atoms with van der Waals surface area (Å²) in [5, 5.41) is 9.60. The van der Waals surface area contributed by atoms with Crippen molar-refractivity contribution in [1.82, 2.24) is 16.0 Å². The number of nitrogens with one attached hydrogen (secondary N) is 3. The second kappa shape index (κ2) is 10.3. The van der Waals surface area contributed by atoms with Crippen molar-refractivity contribution in [2.45, 2.75) is 57.0 Å². The largest absolute Gasteiger partial charge is 0.357 e. The Kier molecular flexibility index (Phi) is 8.12. The number of benzene rings is 1. The summed E-state index contributed by atoms with van der Waals surface area (Å²) in [6, 6.07) is 6.92. The van der Waals surface area contributed by atoms with Crippen LogP contribution in [0.25, 0.3) is 0 Å². The van der Waals surface area contributed by atoms with Crippen LogP contribution in [0.3, 0.4) is 0 Å². The smallest absolute Gasteiger partial charge is 0.220 e. The van der Waals surface area contributed by atoms with E-state index in [-0.39, 0.29) is 5.91 Å². The SMILES string of the molecule is CCNC(=NCc1ccc(C)cc1SC)NCCCC(=O)NC1CC1. The highest BCUT2D eigenvalue weighted by Gasteiger charge is 2.22. The van der Waals surface area contributed by atoms with Crippen molar-refractivity contribution in [1.29, 1.82) is 0 Å². The Balaban J connectivity index is 1.80. The predicted octanol–water partition coefficient (Wildman–Crippen LogP) is 2.83. The van der Waals surface area contributed by atoms with Gasteiger partial charge in [0.25, 0.3) is 0 Å². The molecule has 0 unspecified atom stereocenters. The lowest BCUT2D eigenvalue weighted by Crippen LogP contribution is -2.38. The lowest BCUT2D eigenvalue weighted by molar-refractivity contribution is -0.121. The van der Waals surface area contributed by atoms with Crippen molar-refractivity contribution in [3.05, 3.63) is 29.3 Å². The fourth-order valence-electron chi connectivity index (χ4n) is 2.47. The average Bonchev–Trinajstić information content (AvgIpc) is 3.41. The van der Waals surface area contributed by atoms with Crippen molar-refractivity contribution in [3.63, 3.8) is 0 Å². The second-order valence-electron chi connectivity index (χ2n) is 6.38. The van der Waals surface area contributed by atoms with Crippen molar-refractivity contribution in [2.75, 3.05) is 19.3 Å². The molecule has 0 radical (unpaired) electrons. The predicted molar refractivity (Wildman–Crippen MR) is 106 cm³/mol. The summed E-state index contributed by atoms with van der Waals surface area (Å²) in [5.41, 5.74) is 2.51. The highest BCUT2D eigenvalue weighted by Crippen LogP contribution is 2.22. The van der Waals surface area contributed by atoms with Gasteiger partial charge in [-0.05, 0) is 56.6 Å². The topological polar surface area (TPSA) is 65.5 Å². The van der Waals surface area contributed by atoms with Gasteiger partial charge in [-0.25, -0.2) is 4.99 Å². The first-order valence-electron chi connectivity index (χ1n) is 9.07. The Morgan fingerprint density at radius 1 is 1.32 bits per heavy atom. The fourth-order valence-corrected chi connectivity index (χ4v) is 3.17. The first kappa shape index (κ1) is 19.6. The Morgan fingerprint density at radius 3 is 2.80 bits per heavy atom. The minimum Gasteiger partial charge on any atom is -0.357 e. The van der Waals surface area contributed by atoms with Crippen molar-refractivity contribution >= 4 is 23.6 Å². The van der Waals surface area contributed by atoms with E-state index < -0.39 is 0 Å². The quantitative estimate of drug-likeness (QED) is 0.274. The van der Waals surface area contributed by atoms with Crippen LogP contribution in [-0.2, 0) is 11.3 Å². The maximum absolute atomic E-state index is 11.7. The summed E-state index contributed by atoms with van der Waals surface area (Å²) in [6.45, 7) is 6.37.